The minimum Gasteiger partial charge on any atom is -0.481 e. The topological polar surface area (TPSA) is 69.6 Å². The van der Waals surface area contributed by atoms with Gasteiger partial charge in [-0.05, 0) is 20.3 Å². The number of hydrogen-bond acceptors (Lipinski definition) is 4. The monoisotopic (exact) mass is 302 g/mol. The predicted octanol–water partition coefficient (Wildman–Crippen LogP) is 1.57. The van der Waals surface area contributed by atoms with Crippen molar-refractivity contribution in [1.82, 2.24) is 10.2 Å². The van der Waals surface area contributed by atoms with Gasteiger partial charge >= 0.3 is 5.97 Å². The second-order valence-electron chi connectivity index (χ2n) is 5.44. The van der Waals surface area contributed by atoms with Crippen molar-refractivity contribution in [2.24, 2.45) is 0 Å². The van der Waals surface area contributed by atoms with E-state index in [0.29, 0.717) is 0 Å². The second kappa shape index (κ2) is 8.52. The molecule has 0 saturated carbocycles. The number of carboxylic acid groups (broad SMARTS) is 1. The maximum absolute atomic E-state index is 12.3. The van der Waals surface area contributed by atoms with E-state index in [1.807, 2.05) is 18.7 Å². The third kappa shape index (κ3) is 5.32. The summed E-state index contributed by atoms with van der Waals surface area (Å²) < 4.78 is 0. The first-order chi connectivity index (χ1) is 9.45. The SMILES string of the molecule is CCCC(C)NC(=O)C(C)N1CCSCC1CC(=O)O. The quantitative estimate of drug-likeness (QED) is 0.747. The summed E-state index contributed by atoms with van der Waals surface area (Å²) in [7, 11) is 0. The van der Waals surface area contributed by atoms with E-state index in [9.17, 15) is 9.59 Å². The highest BCUT2D eigenvalue weighted by molar-refractivity contribution is 7.99. The molecule has 0 aromatic carbocycles. The van der Waals surface area contributed by atoms with Crippen molar-refractivity contribution in [3.05, 3.63) is 0 Å². The van der Waals surface area contributed by atoms with Crippen LogP contribution in [0.25, 0.3) is 0 Å². The van der Waals surface area contributed by atoms with Crippen LogP contribution in [0.5, 0.6) is 0 Å². The summed E-state index contributed by atoms with van der Waals surface area (Å²) in [4.78, 5) is 25.2. The Morgan fingerprint density at radius 1 is 1.45 bits per heavy atom. The van der Waals surface area contributed by atoms with Crippen LogP contribution in [0.4, 0.5) is 0 Å². The molecule has 0 aliphatic carbocycles. The van der Waals surface area contributed by atoms with Crippen molar-refractivity contribution in [3.63, 3.8) is 0 Å². The van der Waals surface area contributed by atoms with Gasteiger partial charge in [0.1, 0.15) is 0 Å². The van der Waals surface area contributed by atoms with Crippen molar-refractivity contribution < 1.29 is 14.7 Å². The zero-order valence-corrected chi connectivity index (χ0v) is 13.4. The lowest BCUT2D eigenvalue weighted by atomic mass is 10.1. The van der Waals surface area contributed by atoms with E-state index in [4.69, 9.17) is 5.11 Å². The van der Waals surface area contributed by atoms with Gasteiger partial charge in [-0.3, -0.25) is 14.5 Å². The van der Waals surface area contributed by atoms with Gasteiger partial charge in [0.05, 0.1) is 12.5 Å². The van der Waals surface area contributed by atoms with Gasteiger partial charge in [0.25, 0.3) is 0 Å². The lowest BCUT2D eigenvalue weighted by Crippen LogP contribution is -2.54. The van der Waals surface area contributed by atoms with Gasteiger partial charge in [-0.15, -0.1) is 0 Å². The number of rotatable bonds is 7. The number of nitrogens with one attached hydrogen (secondary N) is 1. The molecule has 1 amide bonds. The molecule has 0 radical (unpaired) electrons. The van der Waals surface area contributed by atoms with Gasteiger partial charge in [-0.2, -0.15) is 11.8 Å². The molecule has 5 nitrogen and oxygen atoms in total. The molecule has 1 fully saturated rings. The van der Waals surface area contributed by atoms with Crippen LogP contribution in [-0.2, 0) is 9.59 Å². The standard InChI is InChI=1S/C14H26N2O3S/c1-4-5-10(2)15-14(19)11(3)16-6-7-20-9-12(16)8-13(17)18/h10-12H,4-9H2,1-3H3,(H,15,19)(H,17,18). The van der Waals surface area contributed by atoms with Crippen LogP contribution in [0, 0.1) is 0 Å². The Morgan fingerprint density at radius 2 is 2.15 bits per heavy atom. The zero-order chi connectivity index (χ0) is 15.1. The minimum absolute atomic E-state index is 0.00763. The summed E-state index contributed by atoms with van der Waals surface area (Å²) >= 11 is 1.76. The number of carboxylic acids is 1. The van der Waals surface area contributed by atoms with Gasteiger partial charge in [0, 0.05) is 30.1 Å². The van der Waals surface area contributed by atoms with Crippen LogP contribution in [0.2, 0.25) is 0 Å². The highest BCUT2D eigenvalue weighted by Crippen LogP contribution is 2.21. The molecular weight excluding hydrogens is 276 g/mol. The minimum atomic E-state index is -0.797. The van der Waals surface area contributed by atoms with E-state index in [2.05, 4.69) is 12.2 Å². The van der Waals surface area contributed by atoms with Crippen LogP contribution >= 0.6 is 11.8 Å². The molecule has 1 saturated heterocycles. The van der Waals surface area contributed by atoms with Gasteiger partial charge in [0.2, 0.25) is 5.91 Å². The lowest BCUT2D eigenvalue weighted by molar-refractivity contribution is -0.139. The first-order valence-electron chi connectivity index (χ1n) is 7.31. The summed E-state index contributed by atoms with van der Waals surface area (Å²) in [6.45, 7) is 6.75. The summed E-state index contributed by atoms with van der Waals surface area (Å²) in [5.74, 6) is 0.954. The molecule has 116 valence electrons. The molecule has 0 aromatic rings. The van der Waals surface area contributed by atoms with Gasteiger partial charge in [-0.1, -0.05) is 13.3 Å². The fourth-order valence-electron chi connectivity index (χ4n) is 2.57. The third-order valence-corrected chi connectivity index (χ3v) is 4.76. The summed E-state index contributed by atoms with van der Waals surface area (Å²) in [5.41, 5.74) is 0. The maximum atomic E-state index is 12.3. The number of aliphatic carboxylic acids is 1. The lowest BCUT2D eigenvalue weighted by Gasteiger charge is -2.38. The maximum Gasteiger partial charge on any atom is 0.304 e. The average Bonchev–Trinajstić information content (AvgIpc) is 2.38. The van der Waals surface area contributed by atoms with E-state index in [0.717, 1.165) is 30.9 Å². The molecule has 2 N–H and O–H groups in total. The molecule has 0 aromatic heterocycles. The first kappa shape index (κ1) is 17.3. The molecule has 20 heavy (non-hydrogen) atoms. The van der Waals surface area contributed by atoms with Crippen LogP contribution in [-0.4, -0.2) is 58.1 Å². The molecule has 3 unspecified atom stereocenters. The average molecular weight is 302 g/mol. The molecule has 1 aliphatic heterocycles. The Morgan fingerprint density at radius 3 is 2.75 bits per heavy atom. The number of amides is 1. The van der Waals surface area contributed by atoms with Crippen LogP contribution in [0.1, 0.15) is 40.0 Å². The van der Waals surface area contributed by atoms with Crippen molar-refractivity contribution in [2.45, 2.75) is 58.2 Å². The number of nitrogens with zero attached hydrogens (tertiary/aromatic N) is 1. The number of carbonyl (C=O) groups excluding carboxylic acids is 1. The summed E-state index contributed by atoms with van der Waals surface area (Å²) in [6.07, 6.45) is 2.11. The van der Waals surface area contributed by atoms with Gasteiger partial charge < -0.3 is 10.4 Å². The number of thioether (sulfide) groups is 1. The smallest absolute Gasteiger partial charge is 0.304 e. The number of hydrogen-bond donors (Lipinski definition) is 2. The Labute approximate surface area is 125 Å². The van der Waals surface area contributed by atoms with E-state index >= 15 is 0 Å². The molecule has 6 heteroatoms. The largest absolute Gasteiger partial charge is 0.481 e. The fourth-order valence-corrected chi connectivity index (χ4v) is 3.66. The molecule has 1 heterocycles. The molecular formula is C14H26N2O3S. The Hall–Kier alpha value is -0.750. The van der Waals surface area contributed by atoms with Crippen molar-refractivity contribution >= 4 is 23.6 Å². The van der Waals surface area contributed by atoms with Crippen LogP contribution in [0.15, 0.2) is 0 Å². The van der Waals surface area contributed by atoms with E-state index < -0.39 is 5.97 Å². The van der Waals surface area contributed by atoms with Crippen LogP contribution in [0.3, 0.4) is 0 Å². The van der Waals surface area contributed by atoms with E-state index in [-0.39, 0.29) is 30.5 Å². The van der Waals surface area contributed by atoms with E-state index in [1.165, 1.54) is 0 Å². The van der Waals surface area contributed by atoms with E-state index in [1.54, 1.807) is 11.8 Å². The van der Waals surface area contributed by atoms with Crippen molar-refractivity contribution in [3.8, 4) is 0 Å². The van der Waals surface area contributed by atoms with Gasteiger partial charge in [0.15, 0.2) is 0 Å². The Kier molecular flexibility index (Phi) is 7.37. The predicted molar refractivity (Wildman–Crippen MR) is 82.0 cm³/mol. The molecule has 0 bridgehead atoms. The highest BCUT2D eigenvalue weighted by Gasteiger charge is 2.32. The second-order valence-corrected chi connectivity index (χ2v) is 6.59. The Bertz CT molecular complexity index is 338. The first-order valence-corrected chi connectivity index (χ1v) is 8.46. The molecule has 1 rings (SSSR count). The molecule has 0 spiro atoms. The van der Waals surface area contributed by atoms with Crippen molar-refractivity contribution in [2.75, 3.05) is 18.1 Å². The number of carbonyl (C=O) groups is 2. The summed E-state index contributed by atoms with van der Waals surface area (Å²) in [5, 5.41) is 12.0. The Balaban J connectivity index is 2.59. The fraction of sp³-hybridized carbons (Fsp3) is 0.857. The normalized spacial score (nSPS) is 23.1. The van der Waals surface area contributed by atoms with Gasteiger partial charge in [-0.25, -0.2) is 0 Å². The summed E-state index contributed by atoms with van der Waals surface area (Å²) in [6, 6.07) is -0.139. The van der Waals surface area contributed by atoms with Crippen LogP contribution < -0.4 is 5.32 Å². The molecule has 3 atom stereocenters. The highest BCUT2D eigenvalue weighted by atomic mass is 32.2. The third-order valence-electron chi connectivity index (χ3n) is 3.67. The van der Waals surface area contributed by atoms with Crippen molar-refractivity contribution in [1.29, 1.82) is 0 Å². The molecule has 1 aliphatic rings. The zero-order valence-electron chi connectivity index (χ0n) is 12.6.